The van der Waals surface area contributed by atoms with Gasteiger partial charge < -0.3 is 4.90 Å². The molecule has 0 saturated heterocycles. The van der Waals surface area contributed by atoms with E-state index in [9.17, 15) is 14.0 Å². The first-order chi connectivity index (χ1) is 14.9. The molecule has 0 unspecified atom stereocenters. The number of hydrogen-bond acceptors (Lipinski definition) is 5. The summed E-state index contributed by atoms with van der Waals surface area (Å²) in [6, 6.07) is 15.4. The van der Waals surface area contributed by atoms with E-state index in [2.05, 4.69) is 0 Å². The normalized spacial score (nSPS) is 11.1. The Morgan fingerprint density at radius 3 is 2.45 bits per heavy atom. The van der Waals surface area contributed by atoms with E-state index in [0.29, 0.717) is 21.1 Å². The number of rotatable bonds is 5. The summed E-state index contributed by atoms with van der Waals surface area (Å²) in [6.07, 6.45) is 0. The molecule has 0 aliphatic rings. The molecule has 0 aliphatic carbocycles. The Morgan fingerprint density at radius 1 is 1.13 bits per heavy atom. The molecule has 0 N–H and O–H groups in total. The van der Waals surface area contributed by atoms with Crippen LogP contribution >= 0.6 is 23.1 Å². The van der Waals surface area contributed by atoms with Gasteiger partial charge in [-0.25, -0.2) is 9.37 Å². The summed E-state index contributed by atoms with van der Waals surface area (Å²) in [6.45, 7) is 1.93. The third kappa shape index (κ3) is 4.13. The van der Waals surface area contributed by atoms with Gasteiger partial charge in [0.2, 0.25) is 5.91 Å². The Labute approximate surface area is 187 Å². The standard InChI is InChI=1S/C23H20FN3O2S2/c1-14-19(15-9-11-16(24)12-10-15)20-21(31-14)25-23(30-13-18(28)26(2)3)27(22(20)29)17-7-5-4-6-8-17/h4-12H,13H2,1-3H3. The van der Waals surface area contributed by atoms with E-state index in [4.69, 9.17) is 4.98 Å². The van der Waals surface area contributed by atoms with Gasteiger partial charge in [0.1, 0.15) is 10.6 Å². The second kappa shape index (κ2) is 8.64. The van der Waals surface area contributed by atoms with E-state index < -0.39 is 0 Å². The number of nitrogens with zero attached hydrogens (tertiary/aromatic N) is 3. The maximum atomic E-state index is 13.7. The number of hydrogen-bond donors (Lipinski definition) is 0. The molecule has 158 valence electrons. The maximum Gasteiger partial charge on any atom is 0.268 e. The molecule has 2 aromatic heterocycles. The Balaban J connectivity index is 1.95. The monoisotopic (exact) mass is 453 g/mol. The van der Waals surface area contributed by atoms with Gasteiger partial charge in [0.15, 0.2) is 5.16 Å². The fourth-order valence-electron chi connectivity index (χ4n) is 3.26. The molecule has 0 spiro atoms. The van der Waals surface area contributed by atoms with Crippen molar-refractivity contribution in [2.75, 3.05) is 19.8 Å². The predicted octanol–water partition coefficient (Wildman–Crippen LogP) is 4.74. The smallest absolute Gasteiger partial charge is 0.268 e. The molecule has 0 atom stereocenters. The average Bonchev–Trinajstić information content (AvgIpc) is 3.09. The minimum absolute atomic E-state index is 0.0617. The molecule has 5 nitrogen and oxygen atoms in total. The minimum atomic E-state index is -0.329. The first kappa shape index (κ1) is 21.3. The van der Waals surface area contributed by atoms with Crippen molar-refractivity contribution in [3.8, 4) is 16.8 Å². The topological polar surface area (TPSA) is 55.2 Å². The van der Waals surface area contributed by atoms with Crippen LogP contribution in [0.3, 0.4) is 0 Å². The third-order valence-corrected chi connectivity index (χ3v) is 6.76. The van der Waals surface area contributed by atoms with Crippen LogP contribution in [0, 0.1) is 12.7 Å². The number of benzene rings is 2. The van der Waals surface area contributed by atoms with Crippen molar-refractivity contribution in [3.05, 3.63) is 75.6 Å². The largest absolute Gasteiger partial charge is 0.348 e. The number of para-hydroxylation sites is 1. The first-order valence-corrected chi connectivity index (χ1v) is 11.4. The van der Waals surface area contributed by atoms with Gasteiger partial charge >= 0.3 is 0 Å². The van der Waals surface area contributed by atoms with Crippen molar-refractivity contribution < 1.29 is 9.18 Å². The van der Waals surface area contributed by atoms with Crippen molar-refractivity contribution in [2.45, 2.75) is 12.1 Å². The molecule has 0 aliphatic heterocycles. The molecular weight excluding hydrogens is 433 g/mol. The Hall–Kier alpha value is -2.97. The SMILES string of the molecule is Cc1sc2nc(SCC(=O)N(C)C)n(-c3ccccc3)c(=O)c2c1-c1ccc(F)cc1. The fourth-order valence-corrected chi connectivity index (χ4v) is 5.34. The van der Waals surface area contributed by atoms with Crippen molar-refractivity contribution in [1.29, 1.82) is 0 Å². The molecule has 2 aromatic carbocycles. The van der Waals surface area contributed by atoms with E-state index in [1.54, 1.807) is 30.8 Å². The van der Waals surface area contributed by atoms with Crippen molar-refractivity contribution in [2.24, 2.45) is 0 Å². The van der Waals surface area contributed by atoms with Gasteiger partial charge in [-0.3, -0.25) is 14.2 Å². The van der Waals surface area contributed by atoms with Gasteiger partial charge in [-0.15, -0.1) is 11.3 Å². The van der Waals surface area contributed by atoms with Crippen LogP contribution in [0.4, 0.5) is 4.39 Å². The number of fused-ring (bicyclic) bond motifs is 1. The number of amides is 1. The zero-order chi connectivity index (χ0) is 22.1. The maximum absolute atomic E-state index is 13.7. The quantitative estimate of drug-likeness (QED) is 0.324. The van der Waals surface area contributed by atoms with E-state index in [-0.39, 0.29) is 23.0 Å². The van der Waals surface area contributed by atoms with Crippen LogP contribution in [-0.2, 0) is 4.79 Å². The van der Waals surface area contributed by atoms with Crippen LogP contribution in [0.5, 0.6) is 0 Å². The summed E-state index contributed by atoms with van der Waals surface area (Å²) in [4.78, 5) is 33.7. The Bertz CT molecular complexity index is 1310. The van der Waals surface area contributed by atoms with E-state index in [1.807, 2.05) is 37.3 Å². The number of aromatic nitrogens is 2. The highest BCUT2D eigenvalue weighted by Crippen LogP contribution is 2.37. The zero-order valence-corrected chi connectivity index (χ0v) is 18.9. The van der Waals surface area contributed by atoms with E-state index in [1.165, 1.54) is 40.1 Å². The van der Waals surface area contributed by atoms with Gasteiger partial charge in [-0.05, 0) is 36.8 Å². The highest BCUT2D eigenvalue weighted by molar-refractivity contribution is 7.99. The predicted molar refractivity (Wildman–Crippen MR) is 125 cm³/mol. The lowest BCUT2D eigenvalue weighted by atomic mass is 10.0. The van der Waals surface area contributed by atoms with Crippen molar-refractivity contribution in [1.82, 2.24) is 14.5 Å². The fraction of sp³-hybridized carbons (Fsp3) is 0.174. The van der Waals surface area contributed by atoms with E-state index in [0.717, 1.165) is 16.0 Å². The summed E-state index contributed by atoms with van der Waals surface area (Å²) in [5.41, 5.74) is 2.00. The molecule has 8 heteroatoms. The van der Waals surface area contributed by atoms with Gasteiger partial charge in [-0.2, -0.15) is 0 Å². The molecule has 0 radical (unpaired) electrons. The van der Waals surface area contributed by atoms with Crippen LogP contribution in [0.15, 0.2) is 64.5 Å². The molecule has 1 amide bonds. The average molecular weight is 454 g/mol. The minimum Gasteiger partial charge on any atom is -0.348 e. The lowest BCUT2D eigenvalue weighted by Crippen LogP contribution is -2.25. The lowest BCUT2D eigenvalue weighted by molar-refractivity contribution is -0.125. The van der Waals surface area contributed by atoms with Crippen LogP contribution in [0.2, 0.25) is 0 Å². The Morgan fingerprint density at radius 2 is 1.81 bits per heavy atom. The van der Waals surface area contributed by atoms with Gasteiger partial charge in [-0.1, -0.05) is 42.1 Å². The van der Waals surface area contributed by atoms with Crippen LogP contribution in [0.1, 0.15) is 4.88 Å². The molecule has 4 aromatic rings. The highest BCUT2D eigenvalue weighted by Gasteiger charge is 2.21. The molecule has 0 fully saturated rings. The molecule has 0 saturated carbocycles. The third-order valence-electron chi connectivity index (χ3n) is 4.84. The molecule has 2 heterocycles. The Kier molecular flexibility index (Phi) is 5.93. The number of halogens is 1. The second-order valence-electron chi connectivity index (χ2n) is 7.17. The summed E-state index contributed by atoms with van der Waals surface area (Å²) in [5.74, 6) is -0.217. The lowest BCUT2D eigenvalue weighted by Gasteiger charge is -2.14. The van der Waals surface area contributed by atoms with Crippen molar-refractivity contribution in [3.63, 3.8) is 0 Å². The number of thioether (sulfide) groups is 1. The number of carbonyl (C=O) groups excluding carboxylic acids is 1. The molecular formula is C23H20FN3O2S2. The molecule has 0 bridgehead atoms. The van der Waals surface area contributed by atoms with Gasteiger partial charge in [0.25, 0.3) is 5.56 Å². The van der Waals surface area contributed by atoms with Crippen molar-refractivity contribution >= 4 is 39.2 Å². The summed E-state index contributed by atoms with van der Waals surface area (Å²) < 4.78 is 15.0. The van der Waals surface area contributed by atoms with Crippen LogP contribution in [0.25, 0.3) is 27.0 Å². The number of thiophene rings is 1. The zero-order valence-electron chi connectivity index (χ0n) is 17.3. The number of carbonyl (C=O) groups is 1. The summed E-state index contributed by atoms with van der Waals surface area (Å²) >= 11 is 2.66. The molecule has 31 heavy (non-hydrogen) atoms. The highest BCUT2D eigenvalue weighted by atomic mass is 32.2. The summed E-state index contributed by atoms with van der Waals surface area (Å²) in [5, 5.41) is 0.965. The van der Waals surface area contributed by atoms with Crippen LogP contribution in [-0.4, -0.2) is 40.2 Å². The van der Waals surface area contributed by atoms with Gasteiger partial charge in [0.05, 0.1) is 16.8 Å². The summed E-state index contributed by atoms with van der Waals surface area (Å²) in [7, 11) is 3.39. The number of aryl methyl sites for hydroxylation is 1. The van der Waals surface area contributed by atoms with E-state index >= 15 is 0 Å². The molecule has 4 rings (SSSR count). The van der Waals surface area contributed by atoms with Gasteiger partial charge in [0, 0.05) is 24.5 Å². The second-order valence-corrected chi connectivity index (χ2v) is 9.31. The first-order valence-electron chi connectivity index (χ1n) is 9.57. The van der Waals surface area contributed by atoms with Crippen LogP contribution < -0.4 is 5.56 Å².